The van der Waals surface area contributed by atoms with Gasteiger partial charge in [0.15, 0.2) is 0 Å². The number of carboxylic acids is 1. The van der Waals surface area contributed by atoms with Gasteiger partial charge in [-0.1, -0.05) is 36.4 Å². The molecule has 1 aliphatic rings. The maximum Gasteiger partial charge on any atom is 0.307 e. The molecule has 5 nitrogen and oxygen atoms in total. The molecule has 0 aliphatic heterocycles. The SMILES string of the molecule is COc1ccc(-c2ccc(CNC(=O)C3CC3C(=O)O)cc2)cc1. The maximum atomic E-state index is 11.9. The minimum Gasteiger partial charge on any atom is -0.497 e. The van der Waals surface area contributed by atoms with Crippen LogP contribution < -0.4 is 10.1 Å². The number of aliphatic carboxylic acids is 1. The molecule has 0 saturated heterocycles. The summed E-state index contributed by atoms with van der Waals surface area (Å²) in [5.41, 5.74) is 3.16. The quantitative estimate of drug-likeness (QED) is 0.856. The van der Waals surface area contributed by atoms with Crippen molar-refractivity contribution in [2.24, 2.45) is 11.8 Å². The van der Waals surface area contributed by atoms with Crippen LogP contribution in [0.25, 0.3) is 11.1 Å². The monoisotopic (exact) mass is 325 g/mol. The number of hydrogen-bond acceptors (Lipinski definition) is 3. The van der Waals surface area contributed by atoms with Crippen LogP contribution in [0.15, 0.2) is 48.5 Å². The Morgan fingerprint density at radius 2 is 1.62 bits per heavy atom. The smallest absolute Gasteiger partial charge is 0.307 e. The molecule has 0 bridgehead atoms. The minimum absolute atomic E-state index is 0.179. The van der Waals surface area contributed by atoms with Gasteiger partial charge in [-0.25, -0.2) is 0 Å². The molecule has 1 amide bonds. The van der Waals surface area contributed by atoms with Gasteiger partial charge in [0, 0.05) is 6.54 Å². The Labute approximate surface area is 140 Å². The average molecular weight is 325 g/mol. The second-order valence-corrected chi connectivity index (χ2v) is 5.93. The fourth-order valence-corrected chi connectivity index (χ4v) is 2.68. The van der Waals surface area contributed by atoms with E-state index in [1.807, 2.05) is 48.5 Å². The second kappa shape index (κ2) is 6.74. The number of carboxylic acid groups (broad SMARTS) is 1. The molecule has 2 unspecified atom stereocenters. The molecule has 5 heteroatoms. The summed E-state index contributed by atoms with van der Waals surface area (Å²) in [4.78, 5) is 22.6. The molecule has 1 saturated carbocycles. The van der Waals surface area contributed by atoms with E-state index in [0.29, 0.717) is 13.0 Å². The standard InChI is InChI=1S/C19H19NO4/c1-24-15-8-6-14(7-9-15)13-4-2-12(3-5-13)11-20-18(21)16-10-17(16)19(22)23/h2-9,16-17H,10-11H2,1H3,(H,20,21)(H,22,23). The highest BCUT2D eigenvalue weighted by molar-refractivity contribution is 5.89. The molecule has 2 aromatic carbocycles. The van der Waals surface area contributed by atoms with Crippen LogP contribution in [0.4, 0.5) is 0 Å². The van der Waals surface area contributed by atoms with Crippen LogP contribution in [-0.4, -0.2) is 24.1 Å². The molecule has 2 N–H and O–H groups in total. The molecule has 24 heavy (non-hydrogen) atoms. The molecule has 0 aromatic heterocycles. The van der Waals surface area contributed by atoms with Crippen molar-refractivity contribution in [1.82, 2.24) is 5.32 Å². The molecule has 0 spiro atoms. The zero-order valence-corrected chi connectivity index (χ0v) is 13.4. The summed E-state index contributed by atoms with van der Waals surface area (Å²) in [6.07, 6.45) is 0.442. The van der Waals surface area contributed by atoms with Gasteiger partial charge < -0.3 is 15.2 Å². The van der Waals surface area contributed by atoms with Crippen molar-refractivity contribution < 1.29 is 19.4 Å². The van der Waals surface area contributed by atoms with Crippen molar-refractivity contribution in [3.05, 3.63) is 54.1 Å². The predicted molar refractivity (Wildman–Crippen MR) is 89.5 cm³/mol. The van der Waals surface area contributed by atoms with Crippen molar-refractivity contribution in [2.45, 2.75) is 13.0 Å². The number of hydrogen-bond donors (Lipinski definition) is 2. The lowest BCUT2D eigenvalue weighted by atomic mass is 10.0. The number of benzene rings is 2. The molecule has 3 rings (SSSR count). The summed E-state index contributed by atoms with van der Waals surface area (Å²) >= 11 is 0. The third-order valence-corrected chi connectivity index (χ3v) is 4.29. The van der Waals surface area contributed by atoms with Crippen LogP contribution in [-0.2, 0) is 16.1 Å². The molecule has 0 radical (unpaired) electrons. The predicted octanol–water partition coefficient (Wildman–Crippen LogP) is 2.70. The Morgan fingerprint density at radius 3 is 2.12 bits per heavy atom. The minimum atomic E-state index is -0.890. The van der Waals surface area contributed by atoms with Gasteiger partial charge >= 0.3 is 5.97 Å². The van der Waals surface area contributed by atoms with Gasteiger partial charge in [0.25, 0.3) is 0 Å². The zero-order chi connectivity index (χ0) is 17.1. The molecule has 2 aromatic rings. The Bertz CT molecular complexity index is 737. The number of ether oxygens (including phenoxy) is 1. The van der Waals surface area contributed by atoms with Gasteiger partial charge in [-0.3, -0.25) is 9.59 Å². The fourth-order valence-electron chi connectivity index (χ4n) is 2.68. The molecular formula is C19H19NO4. The van der Waals surface area contributed by atoms with E-state index in [1.165, 1.54) is 0 Å². The largest absolute Gasteiger partial charge is 0.497 e. The number of nitrogens with one attached hydrogen (secondary N) is 1. The molecule has 1 aliphatic carbocycles. The highest BCUT2D eigenvalue weighted by atomic mass is 16.5. The number of carbonyl (C=O) groups excluding carboxylic acids is 1. The van der Waals surface area contributed by atoms with Crippen molar-refractivity contribution in [3.8, 4) is 16.9 Å². The van der Waals surface area contributed by atoms with E-state index < -0.39 is 11.9 Å². The third-order valence-electron chi connectivity index (χ3n) is 4.29. The number of methoxy groups -OCH3 is 1. The van der Waals surface area contributed by atoms with Gasteiger partial charge in [-0.2, -0.15) is 0 Å². The Balaban J connectivity index is 1.56. The summed E-state index contributed by atoms with van der Waals surface area (Å²) in [6.45, 7) is 0.407. The normalized spacial score (nSPS) is 18.7. The van der Waals surface area contributed by atoms with Gasteiger partial charge in [-0.15, -0.1) is 0 Å². The zero-order valence-electron chi connectivity index (χ0n) is 13.4. The van der Waals surface area contributed by atoms with E-state index in [0.717, 1.165) is 22.4 Å². The molecule has 1 fully saturated rings. The van der Waals surface area contributed by atoms with E-state index in [-0.39, 0.29) is 11.8 Å². The number of amides is 1. The average Bonchev–Trinajstić information content (AvgIpc) is 3.41. The summed E-state index contributed by atoms with van der Waals surface area (Å²) in [5, 5.41) is 11.6. The van der Waals surface area contributed by atoms with Gasteiger partial charge in [0.05, 0.1) is 18.9 Å². The van der Waals surface area contributed by atoms with Crippen molar-refractivity contribution in [3.63, 3.8) is 0 Å². The first-order valence-corrected chi connectivity index (χ1v) is 7.82. The van der Waals surface area contributed by atoms with E-state index >= 15 is 0 Å². The first kappa shape index (κ1) is 16.1. The van der Waals surface area contributed by atoms with Crippen LogP contribution in [0.3, 0.4) is 0 Å². The van der Waals surface area contributed by atoms with Crippen LogP contribution in [0.2, 0.25) is 0 Å². The first-order chi connectivity index (χ1) is 11.6. The summed E-state index contributed by atoms with van der Waals surface area (Å²) in [7, 11) is 1.64. The second-order valence-electron chi connectivity index (χ2n) is 5.93. The van der Waals surface area contributed by atoms with E-state index in [1.54, 1.807) is 7.11 Å². The summed E-state index contributed by atoms with van der Waals surface area (Å²) in [5.74, 6) is -1.14. The van der Waals surface area contributed by atoms with Crippen LogP contribution in [0, 0.1) is 11.8 Å². The third kappa shape index (κ3) is 3.56. The fraction of sp³-hybridized carbons (Fsp3) is 0.263. The van der Waals surface area contributed by atoms with Crippen molar-refractivity contribution in [1.29, 1.82) is 0 Å². The Kier molecular flexibility index (Phi) is 4.51. The lowest BCUT2D eigenvalue weighted by Gasteiger charge is -2.07. The van der Waals surface area contributed by atoms with Gasteiger partial charge in [-0.05, 0) is 35.2 Å². The lowest BCUT2D eigenvalue weighted by molar-refractivity contribution is -0.140. The summed E-state index contributed by atoms with van der Waals surface area (Å²) in [6, 6.07) is 15.7. The highest BCUT2D eigenvalue weighted by Crippen LogP contribution is 2.38. The van der Waals surface area contributed by atoms with E-state index in [4.69, 9.17) is 9.84 Å². The number of rotatable bonds is 6. The van der Waals surface area contributed by atoms with Crippen LogP contribution in [0.5, 0.6) is 5.75 Å². The molecule has 0 heterocycles. The Morgan fingerprint density at radius 1 is 1.04 bits per heavy atom. The van der Waals surface area contributed by atoms with Crippen molar-refractivity contribution >= 4 is 11.9 Å². The Hall–Kier alpha value is -2.82. The molecule has 124 valence electrons. The number of carbonyl (C=O) groups is 2. The van der Waals surface area contributed by atoms with E-state index in [2.05, 4.69) is 5.32 Å². The van der Waals surface area contributed by atoms with E-state index in [9.17, 15) is 9.59 Å². The maximum absolute atomic E-state index is 11.9. The first-order valence-electron chi connectivity index (χ1n) is 7.82. The van der Waals surface area contributed by atoms with Crippen LogP contribution >= 0.6 is 0 Å². The molecular weight excluding hydrogens is 306 g/mol. The highest BCUT2D eigenvalue weighted by Gasteiger charge is 2.48. The summed E-state index contributed by atoms with van der Waals surface area (Å²) < 4.78 is 5.15. The van der Waals surface area contributed by atoms with Gasteiger partial charge in [0.2, 0.25) is 5.91 Å². The topological polar surface area (TPSA) is 75.6 Å². The molecule has 2 atom stereocenters. The van der Waals surface area contributed by atoms with Crippen molar-refractivity contribution in [2.75, 3.05) is 7.11 Å². The lowest BCUT2D eigenvalue weighted by Crippen LogP contribution is -2.25. The van der Waals surface area contributed by atoms with Crippen LogP contribution in [0.1, 0.15) is 12.0 Å². The van der Waals surface area contributed by atoms with Gasteiger partial charge in [0.1, 0.15) is 5.75 Å².